The number of aliphatic carboxylic acids is 1. The second kappa shape index (κ2) is 6.45. The molecule has 2 aromatic rings. The predicted molar refractivity (Wildman–Crippen MR) is 84.1 cm³/mol. The molecular formula is C17H17FN2O4. The Bertz CT molecular complexity index is 769. The van der Waals surface area contributed by atoms with Crippen molar-refractivity contribution in [3.8, 4) is 11.3 Å². The number of ether oxygens (including phenoxy) is 1. The highest BCUT2D eigenvalue weighted by molar-refractivity contribution is 5.96. The van der Waals surface area contributed by atoms with Crippen LogP contribution in [0.15, 0.2) is 36.4 Å². The molecule has 24 heavy (non-hydrogen) atoms. The van der Waals surface area contributed by atoms with Crippen molar-refractivity contribution in [1.29, 1.82) is 0 Å². The molecular weight excluding hydrogens is 315 g/mol. The summed E-state index contributed by atoms with van der Waals surface area (Å²) in [5, 5.41) is 9.27. The Balaban J connectivity index is 1.91. The SMILES string of the molecule is Cn1c(C(=O)N2CCOC[C@H]2C(=O)O)ccc1-c1ccc(F)cc1. The topological polar surface area (TPSA) is 71.8 Å². The minimum absolute atomic E-state index is 0.0175. The number of hydrogen-bond donors (Lipinski definition) is 1. The fourth-order valence-corrected chi connectivity index (χ4v) is 2.84. The van der Waals surface area contributed by atoms with E-state index in [1.54, 1.807) is 35.9 Å². The summed E-state index contributed by atoms with van der Waals surface area (Å²) in [6, 6.07) is 8.39. The Morgan fingerprint density at radius 1 is 1.21 bits per heavy atom. The number of hydrogen-bond acceptors (Lipinski definition) is 3. The van der Waals surface area contributed by atoms with E-state index in [2.05, 4.69) is 0 Å². The summed E-state index contributed by atoms with van der Waals surface area (Å²) < 4.78 is 19.9. The van der Waals surface area contributed by atoms with Gasteiger partial charge in [-0.05, 0) is 42.0 Å². The number of carboxylic acids is 1. The van der Waals surface area contributed by atoms with Gasteiger partial charge in [-0.2, -0.15) is 0 Å². The van der Waals surface area contributed by atoms with Crippen LogP contribution in [0.2, 0.25) is 0 Å². The number of halogens is 1. The van der Waals surface area contributed by atoms with Crippen molar-refractivity contribution in [2.45, 2.75) is 6.04 Å². The number of nitrogens with zero attached hydrogens (tertiary/aromatic N) is 2. The molecule has 6 nitrogen and oxygen atoms in total. The van der Waals surface area contributed by atoms with E-state index in [0.29, 0.717) is 12.3 Å². The number of carbonyl (C=O) groups excluding carboxylic acids is 1. The molecule has 1 aromatic carbocycles. The molecule has 1 atom stereocenters. The average Bonchev–Trinajstić information content (AvgIpc) is 2.96. The molecule has 1 saturated heterocycles. The lowest BCUT2D eigenvalue weighted by Gasteiger charge is -2.32. The summed E-state index contributed by atoms with van der Waals surface area (Å²) in [5.41, 5.74) is 1.90. The lowest BCUT2D eigenvalue weighted by atomic mass is 10.1. The molecule has 0 saturated carbocycles. The van der Waals surface area contributed by atoms with Gasteiger partial charge in [0.05, 0.1) is 13.2 Å². The van der Waals surface area contributed by atoms with E-state index in [0.717, 1.165) is 11.3 Å². The molecule has 1 aromatic heterocycles. The predicted octanol–water partition coefficient (Wildman–Crippen LogP) is 1.76. The zero-order valence-electron chi connectivity index (χ0n) is 13.1. The Morgan fingerprint density at radius 3 is 2.58 bits per heavy atom. The third kappa shape index (κ3) is 2.90. The molecule has 126 valence electrons. The van der Waals surface area contributed by atoms with Crippen LogP contribution in [0, 0.1) is 5.82 Å². The van der Waals surface area contributed by atoms with E-state index in [-0.39, 0.29) is 24.9 Å². The Labute approximate surface area is 138 Å². The minimum atomic E-state index is -1.09. The van der Waals surface area contributed by atoms with Gasteiger partial charge in [0.1, 0.15) is 11.5 Å². The van der Waals surface area contributed by atoms with E-state index < -0.39 is 12.0 Å². The quantitative estimate of drug-likeness (QED) is 0.930. The van der Waals surface area contributed by atoms with Gasteiger partial charge < -0.3 is 19.3 Å². The van der Waals surface area contributed by atoms with Crippen LogP contribution in [0.4, 0.5) is 4.39 Å². The first kappa shape index (κ1) is 16.2. The van der Waals surface area contributed by atoms with Crippen LogP contribution in [0.3, 0.4) is 0 Å². The minimum Gasteiger partial charge on any atom is -0.480 e. The van der Waals surface area contributed by atoms with Gasteiger partial charge in [-0.1, -0.05) is 0 Å². The number of benzene rings is 1. The van der Waals surface area contributed by atoms with Crippen LogP contribution in [-0.2, 0) is 16.6 Å². The fourth-order valence-electron chi connectivity index (χ4n) is 2.84. The molecule has 0 radical (unpaired) electrons. The largest absolute Gasteiger partial charge is 0.480 e. The van der Waals surface area contributed by atoms with Crippen LogP contribution in [0.1, 0.15) is 10.5 Å². The van der Waals surface area contributed by atoms with Gasteiger partial charge in [-0.3, -0.25) is 4.79 Å². The van der Waals surface area contributed by atoms with Crippen LogP contribution >= 0.6 is 0 Å². The van der Waals surface area contributed by atoms with Crippen molar-refractivity contribution in [2.75, 3.05) is 19.8 Å². The van der Waals surface area contributed by atoms with Gasteiger partial charge >= 0.3 is 5.97 Å². The number of carboxylic acid groups (broad SMARTS) is 1. The lowest BCUT2D eigenvalue weighted by Crippen LogP contribution is -2.52. The van der Waals surface area contributed by atoms with Crippen molar-refractivity contribution in [3.05, 3.63) is 47.9 Å². The first-order chi connectivity index (χ1) is 11.5. The highest BCUT2D eigenvalue weighted by Gasteiger charge is 2.34. The van der Waals surface area contributed by atoms with E-state index in [4.69, 9.17) is 4.74 Å². The maximum Gasteiger partial charge on any atom is 0.328 e. The van der Waals surface area contributed by atoms with Crippen molar-refractivity contribution >= 4 is 11.9 Å². The molecule has 0 unspecified atom stereocenters. The maximum absolute atomic E-state index is 13.1. The van der Waals surface area contributed by atoms with Crippen molar-refractivity contribution in [3.63, 3.8) is 0 Å². The van der Waals surface area contributed by atoms with Gasteiger partial charge in [0.15, 0.2) is 6.04 Å². The van der Waals surface area contributed by atoms with Gasteiger partial charge in [0, 0.05) is 19.3 Å². The standard InChI is InChI=1S/C17H17FN2O4/c1-19-13(11-2-4-12(18)5-3-11)6-7-14(19)16(21)20-8-9-24-10-15(20)17(22)23/h2-7,15H,8-10H2,1H3,(H,22,23)/t15-/m0/s1. The molecule has 0 spiro atoms. The van der Waals surface area contributed by atoms with Crippen molar-refractivity contribution < 1.29 is 23.8 Å². The summed E-state index contributed by atoms with van der Waals surface area (Å²) >= 11 is 0. The molecule has 0 aliphatic carbocycles. The molecule has 1 fully saturated rings. The molecule has 3 rings (SSSR count). The second-order valence-electron chi connectivity index (χ2n) is 5.60. The van der Waals surface area contributed by atoms with Gasteiger partial charge in [0.2, 0.25) is 0 Å². The summed E-state index contributed by atoms with van der Waals surface area (Å²) in [4.78, 5) is 25.4. The molecule has 2 heterocycles. The summed E-state index contributed by atoms with van der Waals surface area (Å²) in [5.74, 6) is -1.78. The highest BCUT2D eigenvalue weighted by Crippen LogP contribution is 2.23. The van der Waals surface area contributed by atoms with Crippen LogP contribution < -0.4 is 0 Å². The normalized spacial score (nSPS) is 17.8. The summed E-state index contributed by atoms with van der Waals surface area (Å²) in [7, 11) is 1.72. The molecule has 1 amide bonds. The monoisotopic (exact) mass is 332 g/mol. The molecule has 1 aliphatic heterocycles. The first-order valence-electron chi connectivity index (χ1n) is 7.52. The molecule has 0 bridgehead atoms. The molecule has 1 aliphatic rings. The van der Waals surface area contributed by atoms with Crippen LogP contribution in [0.25, 0.3) is 11.3 Å². The van der Waals surface area contributed by atoms with E-state index in [1.807, 2.05) is 0 Å². The second-order valence-corrected chi connectivity index (χ2v) is 5.60. The highest BCUT2D eigenvalue weighted by atomic mass is 19.1. The van der Waals surface area contributed by atoms with E-state index in [1.165, 1.54) is 17.0 Å². The summed E-state index contributed by atoms with van der Waals surface area (Å²) in [6.45, 7) is 0.522. The van der Waals surface area contributed by atoms with E-state index in [9.17, 15) is 19.1 Å². The van der Waals surface area contributed by atoms with Gasteiger partial charge in [0.25, 0.3) is 5.91 Å². The number of rotatable bonds is 3. The maximum atomic E-state index is 13.1. The number of carbonyl (C=O) groups is 2. The Hall–Kier alpha value is -2.67. The number of morpholine rings is 1. The van der Waals surface area contributed by atoms with Crippen LogP contribution in [0.5, 0.6) is 0 Å². The summed E-state index contributed by atoms with van der Waals surface area (Å²) in [6.07, 6.45) is 0. The third-order valence-corrected chi connectivity index (χ3v) is 4.16. The first-order valence-corrected chi connectivity index (χ1v) is 7.52. The third-order valence-electron chi connectivity index (χ3n) is 4.16. The number of amides is 1. The average molecular weight is 332 g/mol. The zero-order chi connectivity index (χ0) is 17.3. The van der Waals surface area contributed by atoms with Crippen LogP contribution in [-0.4, -0.2) is 52.3 Å². The Kier molecular flexibility index (Phi) is 4.35. The van der Waals surface area contributed by atoms with Gasteiger partial charge in [-0.15, -0.1) is 0 Å². The molecule has 7 heteroatoms. The number of aromatic nitrogens is 1. The Morgan fingerprint density at radius 2 is 1.92 bits per heavy atom. The zero-order valence-corrected chi connectivity index (χ0v) is 13.1. The smallest absolute Gasteiger partial charge is 0.328 e. The molecule has 1 N–H and O–H groups in total. The lowest BCUT2D eigenvalue weighted by molar-refractivity contribution is -0.147. The van der Waals surface area contributed by atoms with Gasteiger partial charge in [-0.25, -0.2) is 9.18 Å². The van der Waals surface area contributed by atoms with Crippen molar-refractivity contribution in [2.24, 2.45) is 7.05 Å². The fraction of sp³-hybridized carbons (Fsp3) is 0.294. The van der Waals surface area contributed by atoms with E-state index >= 15 is 0 Å². The van der Waals surface area contributed by atoms with Crippen molar-refractivity contribution in [1.82, 2.24) is 9.47 Å².